The number of benzene rings is 2. The van der Waals surface area contributed by atoms with Gasteiger partial charge >= 0.3 is 0 Å². The second-order valence-electron chi connectivity index (χ2n) is 5.22. The summed E-state index contributed by atoms with van der Waals surface area (Å²) in [7, 11) is 0. The first-order valence-corrected chi connectivity index (χ1v) is 7.02. The fourth-order valence-corrected chi connectivity index (χ4v) is 2.20. The first-order chi connectivity index (χ1) is 10.6. The van der Waals surface area contributed by atoms with Gasteiger partial charge in [0.05, 0.1) is 5.71 Å². The third kappa shape index (κ3) is 3.14. The second-order valence-corrected chi connectivity index (χ2v) is 5.22. The molecule has 112 valence electrons. The summed E-state index contributed by atoms with van der Waals surface area (Å²) in [6.45, 7) is 1.87. The van der Waals surface area contributed by atoms with Gasteiger partial charge in [-0.05, 0) is 54.1 Å². The van der Waals surface area contributed by atoms with E-state index < -0.39 is 0 Å². The van der Waals surface area contributed by atoms with Gasteiger partial charge in [-0.3, -0.25) is 4.79 Å². The Morgan fingerprint density at radius 1 is 1.09 bits per heavy atom. The van der Waals surface area contributed by atoms with Crippen LogP contribution in [0, 0.1) is 11.7 Å². The third-order valence-corrected chi connectivity index (χ3v) is 3.49. The normalized spacial score (nSPS) is 17.6. The van der Waals surface area contributed by atoms with E-state index in [0.29, 0.717) is 17.9 Å². The largest absolute Gasteiger partial charge is 0.457 e. The molecule has 3 rings (SSSR count). The monoisotopic (exact) mass is 298 g/mol. The van der Waals surface area contributed by atoms with Crippen molar-refractivity contribution in [2.24, 2.45) is 11.0 Å². The van der Waals surface area contributed by atoms with Gasteiger partial charge in [-0.15, -0.1) is 0 Å². The minimum atomic E-state index is -0.297. The summed E-state index contributed by atoms with van der Waals surface area (Å²) in [5.41, 5.74) is 4.31. The Hall–Kier alpha value is -2.69. The molecular weight excluding hydrogens is 283 g/mol. The highest BCUT2D eigenvalue weighted by atomic mass is 19.1. The van der Waals surface area contributed by atoms with Crippen molar-refractivity contribution in [3.8, 4) is 11.5 Å². The van der Waals surface area contributed by atoms with Gasteiger partial charge in [0.2, 0.25) is 5.91 Å². The molecule has 0 aromatic heterocycles. The lowest BCUT2D eigenvalue weighted by molar-refractivity contribution is -0.124. The summed E-state index contributed by atoms with van der Waals surface area (Å²) in [6.07, 6.45) is 0.615. The average Bonchev–Trinajstić information content (AvgIpc) is 2.53. The van der Waals surface area contributed by atoms with Crippen LogP contribution in [0.1, 0.15) is 18.9 Å². The van der Waals surface area contributed by atoms with Gasteiger partial charge in [0.1, 0.15) is 17.3 Å². The van der Waals surface area contributed by atoms with Crippen LogP contribution in [0.15, 0.2) is 53.6 Å². The Bertz CT molecular complexity index is 708. The summed E-state index contributed by atoms with van der Waals surface area (Å²) < 4.78 is 18.5. The highest BCUT2D eigenvalue weighted by Gasteiger charge is 2.21. The Labute approximate surface area is 127 Å². The molecule has 1 aliphatic rings. The molecule has 22 heavy (non-hydrogen) atoms. The zero-order valence-corrected chi connectivity index (χ0v) is 12.0. The van der Waals surface area contributed by atoms with Gasteiger partial charge in [-0.2, -0.15) is 5.10 Å². The molecule has 0 saturated heterocycles. The van der Waals surface area contributed by atoms with Crippen molar-refractivity contribution in [3.05, 3.63) is 59.9 Å². The molecule has 0 radical (unpaired) electrons. The van der Waals surface area contributed by atoms with Crippen LogP contribution in [0.2, 0.25) is 0 Å². The van der Waals surface area contributed by atoms with Crippen LogP contribution in [-0.4, -0.2) is 11.6 Å². The van der Waals surface area contributed by atoms with E-state index in [1.54, 1.807) is 12.1 Å². The summed E-state index contributed by atoms with van der Waals surface area (Å²) >= 11 is 0. The van der Waals surface area contributed by atoms with Crippen LogP contribution in [0.4, 0.5) is 4.39 Å². The van der Waals surface area contributed by atoms with Crippen LogP contribution in [0.5, 0.6) is 11.5 Å². The minimum Gasteiger partial charge on any atom is -0.457 e. The zero-order chi connectivity index (χ0) is 15.5. The maximum Gasteiger partial charge on any atom is 0.243 e. The van der Waals surface area contributed by atoms with Gasteiger partial charge in [-0.25, -0.2) is 9.82 Å². The summed E-state index contributed by atoms with van der Waals surface area (Å²) in [4.78, 5) is 11.4. The number of carbonyl (C=O) groups is 1. The third-order valence-electron chi connectivity index (χ3n) is 3.49. The first-order valence-electron chi connectivity index (χ1n) is 7.02. The van der Waals surface area contributed by atoms with Crippen LogP contribution < -0.4 is 10.2 Å². The molecule has 1 N–H and O–H groups in total. The standard InChI is InChI=1S/C17H15FN2O2/c1-11-10-16(19-20-17(11)21)12-2-6-14(7-3-12)22-15-8-4-13(18)5-9-15/h2-9,11H,10H2,1H3,(H,20,21). The van der Waals surface area contributed by atoms with Crippen molar-refractivity contribution >= 4 is 11.6 Å². The molecule has 2 aromatic carbocycles. The van der Waals surface area contributed by atoms with Crippen molar-refractivity contribution in [2.75, 3.05) is 0 Å². The molecule has 5 heteroatoms. The number of hydrogen-bond donors (Lipinski definition) is 1. The highest BCUT2D eigenvalue weighted by Crippen LogP contribution is 2.23. The summed E-state index contributed by atoms with van der Waals surface area (Å²) in [5.74, 6) is 0.797. The van der Waals surface area contributed by atoms with E-state index in [-0.39, 0.29) is 17.6 Å². The maximum atomic E-state index is 12.8. The Morgan fingerprint density at radius 3 is 2.27 bits per heavy atom. The first kappa shape index (κ1) is 14.3. The minimum absolute atomic E-state index is 0.0555. The van der Waals surface area contributed by atoms with Crippen LogP contribution >= 0.6 is 0 Å². The fraction of sp³-hybridized carbons (Fsp3) is 0.176. The molecule has 1 heterocycles. The Morgan fingerprint density at radius 2 is 1.68 bits per heavy atom. The van der Waals surface area contributed by atoms with E-state index in [1.807, 2.05) is 31.2 Å². The Balaban J connectivity index is 1.73. The molecule has 1 atom stereocenters. The average molecular weight is 298 g/mol. The van der Waals surface area contributed by atoms with Gasteiger partial charge in [0.15, 0.2) is 0 Å². The van der Waals surface area contributed by atoms with E-state index in [9.17, 15) is 9.18 Å². The van der Waals surface area contributed by atoms with Crippen molar-refractivity contribution in [1.29, 1.82) is 0 Å². The molecule has 0 bridgehead atoms. The van der Waals surface area contributed by atoms with Crippen molar-refractivity contribution in [3.63, 3.8) is 0 Å². The number of rotatable bonds is 3. The highest BCUT2D eigenvalue weighted by molar-refractivity contribution is 6.04. The predicted octanol–water partition coefficient (Wildman–Crippen LogP) is 3.48. The van der Waals surface area contributed by atoms with Crippen LogP contribution in [0.3, 0.4) is 0 Å². The topological polar surface area (TPSA) is 50.7 Å². The van der Waals surface area contributed by atoms with E-state index in [0.717, 1.165) is 11.3 Å². The fourth-order valence-electron chi connectivity index (χ4n) is 2.20. The number of hydrazone groups is 1. The second kappa shape index (κ2) is 5.97. The van der Waals surface area contributed by atoms with Gasteiger partial charge in [0.25, 0.3) is 0 Å². The SMILES string of the molecule is CC1CC(c2ccc(Oc3ccc(F)cc3)cc2)=NNC1=O. The summed E-state index contributed by atoms with van der Waals surface area (Å²) in [6, 6.07) is 13.3. The molecule has 0 aliphatic carbocycles. The molecular formula is C17H15FN2O2. The van der Waals surface area contributed by atoms with Crippen molar-refractivity contribution < 1.29 is 13.9 Å². The van der Waals surface area contributed by atoms with Crippen LogP contribution in [0.25, 0.3) is 0 Å². The molecule has 0 spiro atoms. The van der Waals surface area contributed by atoms with Gasteiger partial charge in [0, 0.05) is 12.3 Å². The molecule has 1 aliphatic heterocycles. The number of nitrogens with one attached hydrogen (secondary N) is 1. The molecule has 0 saturated carbocycles. The quantitative estimate of drug-likeness (QED) is 0.943. The lowest BCUT2D eigenvalue weighted by atomic mass is 9.97. The van der Waals surface area contributed by atoms with Crippen molar-refractivity contribution in [1.82, 2.24) is 5.43 Å². The van der Waals surface area contributed by atoms with Gasteiger partial charge in [-0.1, -0.05) is 6.92 Å². The number of amides is 1. The lowest BCUT2D eigenvalue weighted by Gasteiger charge is -2.18. The van der Waals surface area contributed by atoms with Crippen molar-refractivity contribution in [2.45, 2.75) is 13.3 Å². The number of carbonyl (C=O) groups excluding carboxylic acids is 1. The van der Waals surface area contributed by atoms with E-state index in [1.165, 1.54) is 12.1 Å². The smallest absolute Gasteiger partial charge is 0.243 e. The molecule has 2 aromatic rings. The molecule has 1 amide bonds. The van der Waals surface area contributed by atoms with E-state index >= 15 is 0 Å². The van der Waals surface area contributed by atoms with Gasteiger partial charge < -0.3 is 4.74 Å². The lowest BCUT2D eigenvalue weighted by Crippen LogP contribution is -2.33. The number of hydrogen-bond acceptors (Lipinski definition) is 3. The maximum absolute atomic E-state index is 12.8. The van der Waals surface area contributed by atoms with Crippen LogP contribution in [-0.2, 0) is 4.79 Å². The molecule has 4 nitrogen and oxygen atoms in total. The molecule has 1 unspecified atom stereocenters. The number of halogens is 1. The van der Waals surface area contributed by atoms with E-state index in [4.69, 9.17) is 4.74 Å². The van der Waals surface area contributed by atoms with E-state index in [2.05, 4.69) is 10.5 Å². The molecule has 0 fully saturated rings. The predicted molar refractivity (Wildman–Crippen MR) is 81.4 cm³/mol. The number of ether oxygens (including phenoxy) is 1. The summed E-state index contributed by atoms with van der Waals surface area (Å²) in [5, 5.41) is 4.09. The number of nitrogens with zero attached hydrogens (tertiary/aromatic N) is 1. The zero-order valence-electron chi connectivity index (χ0n) is 12.0. The Kier molecular flexibility index (Phi) is 3.87.